The highest BCUT2D eigenvalue weighted by atomic mass is 32.2. The molecule has 1 aliphatic rings. The van der Waals surface area contributed by atoms with E-state index in [0.29, 0.717) is 33.6 Å². The predicted octanol–water partition coefficient (Wildman–Crippen LogP) is 2.53. The van der Waals surface area contributed by atoms with Crippen molar-refractivity contribution >= 4 is 29.1 Å². The number of allylic oxidation sites excluding steroid dienone is 1. The molecule has 0 bridgehead atoms. The number of amides is 1. The van der Waals surface area contributed by atoms with Gasteiger partial charge < -0.3 is 0 Å². The lowest BCUT2D eigenvalue weighted by Gasteiger charge is -2.32. The van der Waals surface area contributed by atoms with E-state index in [9.17, 15) is 14.0 Å². The van der Waals surface area contributed by atoms with Gasteiger partial charge in [0.25, 0.3) is 0 Å². The van der Waals surface area contributed by atoms with Crippen LogP contribution < -0.4 is 5.01 Å². The van der Waals surface area contributed by atoms with E-state index in [1.54, 1.807) is 16.8 Å². The second kappa shape index (κ2) is 6.20. The zero-order chi connectivity index (χ0) is 17.4. The lowest BCUT2D eigenvalue weighted by molar-refractivity contribution is -0.117. The maximum absolute atomic E-state index is 13.3. The molecule has 124 valence electrons. The smallest absolute Gasteiger partial charge is 0.243 e. The van der Waals surface area contributed by atoms with Gasteiger partial charge in [-0.3, -0.25) is 9.59 Å². The van der Waals surface area contributed by atoms with Crippen LogP contribution in [0, 0.1) is 5.82 Å². The van der Waals surface area contributed by atoms with E-state index in [-0.39, 0.29) is 17.5 Å². The molecule has 8 heteroatoms. The van der Waals surface area contributed by atoms with Crippen LogP contribution in [0.2, 0.25) is 0 Å². The number of rotatable bonds is 3. The van der Waals surface area contributed by atoms with Crippen LogP contribution in [-0.4, -0.2) is 26.6 Å². The third kappa shape index (κ3) is 2.62. The largest absolute Gasteiger partial charge is 0.294 e. The minimum atomic E-state index is -0.388. The first-order chi connectivity index (χ1) is 11.4. The van der Waals surface area contributed by atoms with Crippen molar-refractivity contribution in [2.75, 3.05) is 5.01 Å². The number of nitrogens with zero attached hydrogens (tertiary/aromatic N) is 4. The zero-order valence-corrected chi connectivity index (χ0v) is 14.2. The Bertz CT molecular complexity index is 857. The Morgan fingerprint density at radius 3 is 2.38 bits per heavy atom. The van der Waals surface area contributed by atoms with Crippen molar-refractivity contribution in [2.24, 2.45) is 0 Å². The number of Topliss-reactive ketones (excluding diaryl/α,β-unsaturated/α-hetero) is 1. The van der Waals surface area contributed by atoms with Crippen molar-refractivity contribution in [3.8, 4) is 0 Å². The first kappa shape index (κ1) is 16.4. The van der Waals surface area contributed by atoms with Gasteiger partial charge in [-0.2, -0.15) is 0 Å². The van der Waals surface area contributed by atoms with Crippen LogP contribution in [0.25, 0.3) is 5.70 Å². The number of aryl methyl sites for hydroxylation is 1. The first-order valence-electron chi connectivity index (χ1n) is 7.38. The molecule has 0 radical (unpaired) electrons. The van der Waals surface area contributed by atoms with E-state index in [2.05, 4.69) is 10.2 Å². The van der Waals surface area contributed by atoms with Crippen LogP contribution in [0.3, 0.4) is 0 Å². The average molecular weight is 346 g/mol. The van der Waals surface area contributed by atoms with Gasteiger partial charge in [-0.1, -0.05) is 6.92 Å². The predicted molar refractivity (Wildman–Crippen MR) is 88.2 cm³/mol. The molecule has 0 unspecified atom stereocenters. The van der Waals surface area contributed by atoms with E-state index in [4.69, 9.17) is 0 Å². The highest BCUT2D eigenvalue weighted by Crippen LogP contribution is 2.39. The molecule has 2 heterocycles. The molecule has 0 atom stereocenters. The summed E-state index contributed by atoms with van der Waals surface area (Å²) in [6.07, 6.45) is 0.573. The topological polar surface area (TPSA) is 68.1 Å². The molecule has 1 amide bonds. The average Bonchev–Trinajstić information content (AvgIpc) is 2.96. The minimum Gasteiger partial charge on any atom is -0.294 e. The fraction of sp³-hybridized carbons (Fsp3) is 0.250. The molecule has 1 aromatic carbocycles. The lowest BCUT2D eigenvalue weighted by atomic mass is 10.1. The van der Waals surface area contributed by atoms with Gasteiger partial charge in [0.2, 0.25) is 11.1 Å². The number of fused-ring (bicyclic) bond motifs is 1. The van der Waals surface area contributed by atoms with Crippen molar-refractivity contribution in [3.63, 3.8) is 0 Å². The first-order valence-corrected chi connectivity index (χ1v) is 8.20. The molecule has 6 nitrogen and oxygen atoms in total. The lowest BCUT2D eigenvalue weighted by Crippen LogP contribution is -2.41. The third-order valence-corrected chi connectivity index (χ3v) is 4.67. The number of halogens is 1. The summed E-state index contributed by atoms with van der Waals surface area (Å²) in [6.45, 7) is 4.74. The van der Waals surface area contributed by atoms with Crippen molar-refractivity contribution < 1.29 is 14.0 Å². The Balaban J connectivity index is 2.28. The summed E-state index contributed by atoms with van der Waals surface area (Å²) in [5.74, 6) is -0.266. The summed E-state index contributed by atoms with van der Waals surface area (Å²) in [6, 6.07) is 5.69. The van der Waals surface area contributed by atoms with Crippen molar-refractivity contribution in [2.45, 2.75) is 32.3 Å². The van der Waals surface area contributed by atoms with Gasteiger partial charge in [0.05, 0.1) is 10.6 Å². The molecule has 0 N–H and O–H groups in total. The number of ketones is 1. The molecule has 2 aromatic rings. The SMILES string of the molecule is CCc1nnc2n1N(C(C)=O)C(c1ccc(F)cc1)=C(C(C)=O)S2. The Labute approximate surface area is 142 Å². The highest BCUT2D eigenvalue weighted by molar-refractivity contribution is 8.04. The second-order valence-corrected chi connectivity index (χ2v) is 6.22. The van der Waals surface area contributed by atoms with Gasteiger partial charge in [-0.05, 0) is 43.0 Å². The Morgan fingerprint density at radius 1 is 1.17 bits per heavy atom. The van der Waals surface area contributed by atoms with Crippen LogP contribution >= 0.6 is 11.8 Å². The highest BCUT2D eigenvalue weighted by Gasteiger charge is 2.34. The minimum absolute atomic E-state index is 0.196. The fourth-order valence-electron chi connectivity index (χ4n) is 2.51. The molecule has 0 spiro atoms. The summed E-state index contributed by atoms with van der Waals surface area (Å²) >= 11 is 1.16. The van der Waals surface area contributed by atoms with E-state index in [1.165, 1.54) is 31.0 Å². The van der Waals surface area contributed by atoms with Crippen LogP contribution in [0.5, 0.6) is 0 Å². The van der Waals surface area contributed by atoms with Crippen molar-refractivity contribution in [1.82, 2.24) is 14.9 Å². The van der Waals surface area contributed by atoms with E-state index in [1.807, 2.05) is 6.92 Å². The van der Waals surface area contributed by atoms with Crippen LogP contribution in [-0.2, 0) is 16.0 Å². The zero-order valence-electron chi connectivity index (χ0n) is 13.4. The summed E-state index contributed by atoms with van der Waals surface area (Å²) in [4.78, 5) is 24.9. The molecular weight excluding hydrogens is 331 g/mol. The van der Waals surface area contributed by atoms with Gasteiger partial charge in [0, 0.05) is 18.9 Å². The summed E-state index contributed by atoms with van der Waals surface area (Å²) < 4.78 is 14.9. The summed E-state index contributed by atoms with van der Waals surface area (Å²) in [5.41, 5.74) is 0.993. The number of hydrogen-bond acceptors (Lipinski definition) is 5. The van der Waals surface area contributed by atoms with E-state index >= 15 is 0 Å². The molecule has 0 saturated carbocycles. The Hall–Kier alpha value is -2.48. The second-order valence-electron chi connectivity index (χ2n) is 5.24. The molecule has 1 aliphatic heterocycles. The number of benzene rings is 1. The van der Waals surface area contributed by atoms with Gasteiger partial charge in [-0.25, -0.2) is 14.1 Å². The molecule has 3 rings (SSSR count). The number of thioether (sulfide) groups is 1. The molecule has 24 heavy (non-hydrogen) atoms. The Morgan fingerprint density at radius 2 is 1.83 bits per heavy atom. The van der Waals surface area contributed by atoms with Gasteiger partial charge >= 0.3 is 0 Å². The number of hydrogen-bond donors (Lipinski definition) is 0. The van der Waals surface area contributed by atoms with E-state index < -0.39 is 0 Å². The van der Waals surface area contributed by atoms with Gasteiger partial charge in [0.1, 0.15) is 5.82 Å². The molecular formula is C16H15FN4O2S. The molecule has 0 saturated heterocycles. The standard InChI is InChI=1S/C16H15FN4O2S/c1-4-13-18-19-16-21(13)20(10(3)23)14(15(24-16)9(2)22)11-5-7-12(17)8-6-11/h5-8H,4H2,1-3H3. The molecule has 0 aliphatic carbocycles. The monoisotopic (exact) mass is 346 g/mol. The van der Waals surface area contributed by atoms with Gasteiger partial charge in [-0.15, -0.1) is 10.2 Å². The fourth-order valence-corrected chi connectivity index (χ4v) is 3.50. The Kier molecular flexibility index (Phi) is 4.23. The van der Waals surface area contributed by atoms with Crippen LogP contribution in [0.1, 0.15) is 32.2 Å². The number of carbonyl (C=O) groups is 2. The van der Waals surface area contributed by atoms with Crippen LogP contribution in [0.4, 0.5) is 4.39 Å². The summed E-state index contributed by atoms with van der Waals surface area (Å²) in [5, 5.41) is 10.00. The summed E-state index contributed by atoms with van der Waals surface area (Å²) in [7, 11) is 0. The number of carbonyl (C=O) groups excluding carboxylic acids is 2. The van der Waals surface area contributed by atoms with Crippen molar-refractivity contribution in [1.29, 1.82) is 0 Å². The van der Waals surface area contributed by atoms with Crippen molar-refractivity contribution in [3.05, 3.63) is 46.4 Å². The quantitative estimate of drug-likeness (QED) is 0.854. The maximum atomic E-state index is 13.3. The third-order valence-electron chi connectivity index (χ3n) is 3.55. The maximum Gasteiger partial charge on any atom is 0.243 e. The van der Waals surface area contributed by atoms with E-state index in [0.717, 1.165) is 11.8 Å². The normalized spacial score (nSPS) is 13.9. The molecule has 0 fully saturated rings. The molecule has 1 aromatic heterocycles. The van der Waals surface area contributed by atoms with Gasteiger partial charge in [0.15, 0.2) is 11.6 Å². The van der Waals surface area contributed by atoms with Crippen LogP contribution in [0.15, 0.2) is 34.3 Å². The number of aromatic nitrogens is 3.